The lowest BCUT2D eigenvalue weighted by atomic mass is 9.98. The van der Waals surface area contributed by atoms with E-state index in [0.29, 0.717) is 6.42 Å². The highest BCUT2D eigenvalue weighted by Gasteiger charge is 2.12. The first-order chi connectivity index (χ1) is 4.57. The number of aliphatic hydroxyl groups is 2. The molecule has 0 aliphatic heterocycles. The van der Waals surface area contributed by atoms with Gasteiger partial charge in [-0.15, -0.1) is 12.3 Å². The van der Waals surface area contributed by atoms with Crippen LogP contribution in [0.5, 0.6) is 0 Å². The summed E-state index contributed by atoms with van der Waals surface area (Å²) in [4.78, 5) is 0. The molecular formula is C8H14O2. The van der Waals surface area contributed by atoms with Crippen LogP contribution in [0.4, 0.5) is 0 Å². The topological polar surface area (TPSA) is 40.5 Å². The van der Waals surface area contributed by atoms with Gasteiger partial charge >= 0.3 is 0 Å². The number of aliphatic hydroxyl groups excluding tert-OH is 1. The lowest BCUT2D eigenvalue weighted by Crippen LogP contribution is -2.18. The fourth-order valence-electron chi connectivity index (χ4n) is 0.747. The van der Waals surface area contributed by atoms with Crippen molar-refractivity contribution in [3.63, 3.8) is 0 Å². The summed E-state index contributed by atoms with van der Waals surface area (Å²) in [5, 5.41) is 17.3. The summed E-state index contributed by atoms with van der Waals surface area (Å²) in [6, 6.07) is 0. The minimum atomic E-state index is -1.24. The summed E-state index contributed by atoms with van der Waals surface area (Å²) >= 11 is 0. The van der Waals surface area contributed by atoms with Gasteiger partial charge in [0, 0.05) is 11.8 Å². The highest BCUT2D eigenvalue weighted by molar-refractivity contribution is 4.90. The van der Waals surface area contributed by atoms with Crippen molar-refractivity contribution >= 4 is 0 Å². The lowest BCUT2D eigenvalue weighted by molar-refractivity contribution is -0.0821. The van der Waals surface area contributed by atoms with E-state index in [4.69, 9.17) is 16.6 Å². The molecule has 0 aromatic rings. The molecule has 2 nitrogen and oxygen atoms in total. The van der Waals surface area contributed by atoms with Crippen LogP contribution in [0.25, 0.3) is 0 Å². The summed E-state index contributed by atoms with van der Waals surface area (Å²) < 4.78 is 0. The summed E-state index contributed by atoms with van der Waals surface area (Å²) in [5.41, 5.74) is 0. The number of hydrogen-bond donors (Lipinski definition) is 2. The van der Waals surface area contributed by atoms with Crippen LogP contribution in [0.15, 0.2) is 0 Å². The van der Waals surface area contributed by atoms with Crippen LogP contribution in [-0.2, 0) is 0 Å². The quantitative estimate of drug-likeness (QED) is 0.447. The van der Waals surface area contributed by atoms with E-state index in [1.54, 1.807) is 6.92 Å². The van der Waals surface area contributed by atoms with Crippen molar-refractivity contribution in [2.24, 2.45) is 11.8 Å². The molecule has 0 aliphatic rings. The molecule has 0 rings (SSSR count). The second-order valence-corrected chi connectivity index (χ2v) is 2.69. The van der Waals surface area contributed by atoms with Crippen LogP contribution in [0.3, 0.4) is 0 Å². The van der Waals surface area contributed by atoms with Gasteiger partial charge in [-0.05, 0) is 6.42 Å². The molecule has 58 valence electrons. The minimum Gasteiger partial charge on any atom is -0.368 e. The third-order valence-corrected chi connectivity index (χ3v) is 1.52. The molecule has 2 heteroatoms. The Bertz CT molecular complexity index is 124. The second kappa shape index (κ2) is 4.32. The van der Waals surface area contributed by atoms with Crippen LogP contribution in [0, 0.1) is 24.2 Å². The third kappa shape index (κ3) is 3.49. The Morgan fingerprint density at radius 3 is 2.20 bits per heavy atom. The predicted molar refractivity (Wildman–Crippen MR) is 40.0 cm³/mol. The van der Waals surface area contributed by atoms with Crippen LogP contribution < -0.4 is 0 Å². The molecule has 0 saturated heterocycles. The zero-order valence-corrected chi connectivity index (χ0v) is 6.41. The molecule has 2 atom stereocenters. The van der Waals surface area contributed by atoms with E-state index in [1.807, 2.05) is 6.92 Å². The molecule has 0 aromatic heterocycles. The Kier molecular flexibility index (Phi) is 4.10. The van der Waals surface area contributed by atoms with Gasteiger partial charge in [-0.3, -0.25) is 0 Å². The predicted octanol–water partition coefficient (Wildman–Crippen LogP) is 0.593. The van der Waals surface area contributed by atoms with Gasteiger partial charge in [0.05, 0.1) is 0 Å². The van der Waals surface area contributed by atoms with E-state index in [-0.39, 0.29) is 11.8 Å². The maximum absolute atomic E-state index is 8.65. The molecule has 10 heavy (non-hydrogen) atoms. The maximum atomic E-state index is 8.65. The first-order valence-corrected chi connectivity index (χ1v) is 3.40. The summed E-state index contributed by atoms with van der Waals surface area (Å²) in [6.45, 7) is 3.65. The monoisotopic (exact) mass is 142 g/mol. The largest absolute Gasteiger partial charge is 0.368 e. The standard InChI is InChI=1S/C8H14O2/c1-4-6(2)5-7(3)8(9)10/h1,6-10H,5H2,2-3H3. The van der Waals surface area contributed by atoms with Crippen molar-refractivity contribution in [1.82, 2.24) is 0 Å². The van der Waals surface area contributed by atoms with Crippen LogP contribution in [0.1, 0.15) is 20.3 Å². The highest BCUT2D eigenvalue weighted by Crippen LogP contribution is 2.12. The zero-order valence-electron chi connectivity index (χ0n) is 6.41. The Labute approximate surface area is 61.9 Å². The van der Waals surface area contributed by atoms with Crippen molar-refractivity contribution in [3.05, 3.63) is 0 Å². The first-order valence-electron chi connectivity index (χ1n) is 3.40. The Morgan fingerprint density at radius 1 is 1.40 bits per heavy atom. The molecular weight excluding hydrogens is 128 g/mol. The Balaban J connectivity index is 3.59. The van der Waals surface area contributed by atoms with Gasteiger partial charge in [0.15, 0.2) is 6.29 Å². The fourth-order valence-corrected chi connectivity index (χ4v) is 0.747. The van der Waals surface area contributed by atoms with Crippen molar-refractivity contribution in [3.8, 4) is 12.3 Å². The average molecular weight is 142 g/mol. The van der Waals surface area contributed by atoms with Crippen LogP contribution in [-0.4, -0.2) is 16.5 Å². The Morgan fingerprint density at radius 2 is 1.90 bits per heavy atom. The number of hydrogen-bond acceptors (Lipinski definition) is 2. The molecule has 0 radical (unpaired) electrons. The molecule has 0 spiro atoms. The molecule has 0 fully saturated rings. The summed E-state index contributed by atoms with van der Waals surface area (Å²) in [6.07, 6.45) is 4.53. The normalized spacial score (nSPS) is 16.4. The maximum Gasteiger partial charge on any atom is 0.154 e. The van der Waals surface area contributed by atoms with Crippen LogP contribution >= 0.6 is 0 Å². The van der Waals surface area contributed by atoms with E-state index in [2.05, 4.69) is 5.92 Å². The third-order valence-electron chi connectivity index (χ3n) is 1.52. The van der Waals surface area contributed by atoms with Gasteiger partial charge < -0.3 is 10.2 Å². The molecule has 0 aromatic carbocycles. The number of terminal acetylenes is 1. The highest BCUT2D eigenvalue weighted by atomic mass is 16.5. The molecule has 0 aliphatic carbocycles. The van der Waals surface area contributed by atoms with Crippen molar-refractivity contribution in [2.45, 2.75) is 26.6 Å². The van der Waals surface area contributed by atoms with Gasteiger partial charge in [0.1, 0.15) is 0 Å². The fraction of sp³-hybridized carbons (Fsp3) is 0.750. The zero-order chi connectivity index (χ0) is 8.15. The van der Waals surface area contributed by atoms with E-state index in [0.717, 1.165) is 0 Å². The van der Waals surface area contributed by atoms with Gasteiger partial charge in [0.25, 0.3) is 0 Å². The molecule has 0 amide bonds. The van der Waals surface area contributed by atoms with E-state index in [9.17, 15) is 0 Å². The summed E-state index contributed by atoms with van der Waals surface area (Å²) in [7, 11) is 0. The average Bonchev–Trinajstić information content (AvgIpc) is 1.87. The van der Waals surface area contributed by atoms with Gasteiger partial charge in [0.2, 0.25) is 0 Å². The minimum absolute atomic E-state index is 0.122. The van der Waals surface area contributed by atoms with Crippen LogP contribution in [0.2, 0.25) is 0 Å². The molecule has 0 heterocycles. The Hall–Kier alpha value is -0.520. The van der Waals surface area contributed by atoms with Gasteiger partial charge in [-0.25, -0.2) is 0 Å². The van der Waals surface area contributed by atoms with E-state index < -0.39 is 6.29 Å². The molecule has 2 N–H and O–H groups in total. The van der Waals surface area contributed by atoms with Gasteiger partial charge in [-0.2, -0.15) is 0 Å². The van der Waals surface area contributed by atoms with Crippen molar-refractivity contribution in [1.29, 1.82) is 0 Å². The van der Waals surface area contributed by atoms with Crippen molar-refractivity contribution in [2.75, 3.05) is 0 Å². The van der Waals surface area contributed by atoms with E-state index >= 15 is 0 Å². The molecule has 2 unspecified atom stereocenters. The first kappa shape index (κ1) is 9.48. The summed E-state index contributed by atoms with van der Waals surface area (Å²) in [5.74, 6) is 2.52. The van der Waals surface area contributed by atoms with E-state index in [1.165, 1.54) is 0 Å². The second-order valence-electron chi connectivity index (χ2n) is 2.69. The number of rotatable bonds is 3. The SMILES string of the molecule is C#CC(C)CC(C)C(O)O. The molecule has 0 bridgehead atoms. The molecule has 0 saturated carbocycles. The smallest absolute Gasteiger partial charge is 0.154 e. The lowest BCUT2D eigenvalue weighted by Gasteiger charge is -2.14. The van der Waals surface area contributed by atoms with Gasteiger partial charge in [-0.1, -0.05) is 13.8 Å². The van der Waals surface area contributed by atoms with Crippen molar-refractivity contribution < 1.29 is 10.2 Å².